The smallest absolute Gasteiger partial charge is 0.326 e. The van der Waals surface area contributed by atoms with Crippen molar-refractivity contribution in [2.45, 2.75) is 50.5 Å². The molecule has 2 fully saturated rings. The molecule has 0 spiro atoms. The van der Waals surface area contributed by atoms with E-state index in [1.165, 1.54) is 5.56 Å². The number of benzene rings is 1. The van der Waals surface area contributed by atoms with E-state index >= 15 is 0 Å². The molecule has 1 aliphatic carbocycles. The normalized spacial score (nSPS) is 28.5. The maximum absolute atomic E-state index is 12.6. The van der Waals surface area contributed by atoms with Crippen LogP contribution >= 0.6 is 0 Å². The SMILES string of the molecule is O=C(O)C1CCCN1C(=O)C1CCC(c2ccccc2)CC1. The lowest BCUT2D eigenvalue weighted by molar-refractivity contribution is -0.150. The Labute approximate surface area is 131 Å². The lowest BCUT2D eigenvalue weighted by Crippen LogP contribution is -2.44. The van der Waals surface area contributed by atoms with E-state index in [4.69, 9.17) is 0 Å². The fraction of sp³-hybridized carbons (Fsp3) is 0.556. The van der Waals surface area contributed by atoms with Gasteiger partial charge in [-0.1, -0.05) is 30.3 Å². The van der Waals surface area contributed by atoms with Crippen molar-refractivity contribution in [2.24, 2.45) is 5.92 Å². The maximum Gasteiger partial charge on any atom is 0.326 e. The van der Waals surface area contributed by atoms with Crippen LogP contribution < -0.4 is 0 Å². The first-order valence-corrected chi connectivity index (χ1v) is 8.25. The predicted molar refractivity (Wildman–Crippen MR) is 83.5 cm³/mol. The monoisotopic (exact) mass is 301 g/mol. The van der Waals surface area contributed by atoms with Crippen LogP contribution in [0, 0.1) is 5.92 Å². The Balaban J connectivity index is 1.59. The van der Waals surface area contributed by atoms with E-state index in [1.807, 2.05) is 6.07 Å². The van der Waals surface area contributed by atoms with Crippen LogP contribution in [0.15, 0.2) is 30.3 Å². The largest absolute Gasteiger partial charge is 0.480 e. The molecule has 3 rings (SSSR count). The first kappa shape index (κ1) is 15.1. The van der Waals surface area contributed by atoms with Crippen molar-refractivity contribution in [3.05, 3.63) is 35.9 Å². The van der Waals surface area contributed by atoms with E-state index in [9.17, 15) is 14.7 Å². The summed E-state index contributed by atoms with van der Waals surface area (Å²) in [6, 6.07) is 9.88. The fourth-order valence-corrected chi connectivity index (χ4v) is 3.92. The zero-order valence-electron chi connectivity index (χ0n) is 12.8. The minimum absolute atomic E-state index is 0.0138. The summed E-state index contributed by atoms with van der Waals surface area (Å²) in [6.45, 7) is 0.606. The van der Waals surface area contributed by atoms with E-state index in [2.05, 4.69) is 24.3 Å². The highest BCUT2D eigenvalue weighted by molar-refractivity contribution is 5.85. The van der Waals surface area contributed by atoms with Crippen LogP contribution in [-0.4, -0.2) is 34.5 Å². The maximum atomic E-state index is 12.6. The van der Waals surface area contributed by atoms with E-state index in [1.54, 1.807) is 4.90 Å². The van der Waals surface area contributed by atoms with Crippen molar-refractivity contribution >= 4 is 11.9 Å². The molecule has 1 aromatic carbocycles. The fourth-order valence-electron chi connectivity index (χ4n) is 3.92. The van der Waals surface area contributed by atoms with E-state index in [0.29, 0.717) is 18.9 Å². The predicted octanol–water partition coefficient (Wildman–Crippen LogP) is 3.04. The average Bonchev–Trinajstić information content (AvgIpc) is 3.05. The van der Waals surface area contributed by atoms with Crippen LogP contribution in [-0.2, 0) is 9.59 Å². The zero-order valence-corrected chi connectivity index (χ0v) is 12.8. The molecule has 4 nitrogen and oxygen atoms in total. The molecule has 1 atom stereocenters. The molecule has 22 heavy (non-hydrogen) atoms. The number of hydrogen-bond donors (Lipinski definition) is 1. The van der Waals surface area contributed by atoms with Crippen molar-refractivity contribution < 1.29 is 14.7 Å². The van der Waals surface area contributed by atoms with Gasteiger partial charge in [-0.3, -0.25) is 4.79 Å². The molecule has 1 aliphatic heterocycles. The molecule has 0 bridgehead atoms. The Kier molecular flexibility index (Phi) is 4.46. The van der Waals surface area contributed by atoms with Crippen LogP contribution in [0.3, 0.4) is 0 Å². The number of nitrogens with zero attached hydrogens (tertiary/aromatic N) is 1. The molecular formula is C18H23NO3. The van der Waals surface area contributed by atoms with E-state index in [0.717, 1.165) is 32.1 Å². The zero-order chi connectivity index (χ0) is 15.5. The van der Waals surface area contributed by atoms with Gasteiger partial charge in [-0.15, -0.1) is 0 Å². The Morgan fingerprint density at radius 2 is 1.68 bits per heavy atom. The molecule has 1 aromatic rings. The molecule has 1 N–H and O–H groups in total. The second-order valence-corrected chi connectivity index (χ2v) is 6.49. The molecule has 0 aromatic heterocycles. The van der Waals surface area contributed by atoms with Crippen molar-refractivity contribution in [2.75, 3.05) is 6.54 Å². The average molecular weight is 301 g/mol. The number of hydrogen-bond acceptors (Lipinski definition) is 2. The third kappa shape index (κ3) is 3.01. The van der Waals surface area contributed by atoms with Gasteiger partial charge in [0.15, 0.2) is 0 Å². The van der Waals surface area contributed by atoms with Crippen LogP contribution in [0.4, 0.5) is 0 Å². The molecule has 1 heterocycles. The van der Waals surface area contributed by atoms with Gasteiger partial charge in [0.05, 0.1) is 0 Å². The van der Waals surface area contributed by atoms with E-state index < -0.39 is 12.0 Å². The summed E-state index contributed by atoms with van der Waals surface area (Å²) in [4.78, 5) is 25.5. The highest BCUT2D eigenvalue weighted by Crippen LogP contribution is 2.37. The summed E-state index contributed by atoms with van der Waals surface area (Å²) in [6.07, 6.45) is 5.20. The third-order valence-corrected chi connectivity index (χ3v) is 5.17. The minimum atomic E-state index is -0.858. The summed E-state index contributed by atoms with van der Waals surface area (Å²) < 4.78 is 0. The molecule has 0 radical (unpaired) electrons. The van der Waals surface area contributed by atoms with Gasteiger partial charge in [0, 0.05) is 12.5 Å². The molecule has 1 saturated carbocycles. The van der Waals surface area contributed by atoms with Gasteiger partial charge >= 0.3 is 5.97 Å². The van der Waals surface area contributed by atoms with Gasteiger partial charge in [-0.05, 0) is 50.0 Å². The molecule has 1 amide bonds. The minimum Gasteiger partial charge on any atom is -0.480 e. The van der Waals surface area contributed by atoms with Crippen molar-refractivity contribution in [3.63, 3.8) is 0 Å². The van der Waals surface area contributed by atoms with Crippen molar-refractivity contribution in [3.8, 4) is 0 Å². The second kappa shape index (κ2) is 6.51. The summed E-state index contributed by atoms with van der Waals surface area (Å²) >= 11 is 0. The van der Waals surface area contributed by atoms with Gasteiger partial charge in [-0.2, -0.15) is 0 Å². The van der Waals surface area contributed by atoms with E-state index in [-0.39, 0.29) is 11.8 Å². The summed E-state index contributed by atoms with van der Waals surface area (Å²) in [5, 5.41) is 9.23. The Morgan fingerprint density at radius 1 is 1.00 bits per heavy atom. The highest BCUT2D eigenvalue weighted by atomic mass is 16.4. The molecule has 2 aliphatic rings. The van der Waals surface area contributed by atoms with Gasteiger partial charge < -0.3 is 10.0 Å². The second-order valence-electron chi connectivity index (χ2n) is 6.49. The van der Waals surface area contributed by atoms with Crippen LogP contribution in [0.5, 0.6) is 0 Å². The Hall–Kier alpha value is -1.84. The van der Waals surface area contributed by atoms with Crippen molar-refractivity contribution in [1.82, 2.24) is 4.90 Å². The van der Waals surface area contributed by atoms with Gasteiger partial charge in [0.2, 0.25) is 5.91 Å². The number of carboxylic acids is 1. The third-order valence-electron chi connectivity index (χ3n) is 5.17. The molecule has 1 unspecified atom stereocenters. The first-order valence-electron chi connectivity index (χ1n) is 8.25. The lowest BCUT2D eigenvalue weighted by Gasteiger charge is -2.32. The number of carbonyl (C=O) groups is 2. The molecular weight excluding hydrogens is 278 g/mol. The number of rotatable bonds is 3. The number of likely N-dealkylation sites (tertiary alicyclic amines) is 1. The van der Waals surface area contributed by atoms with Crippen LogP contribution in [0.1, 0.15) is 50.0 Å². The van der Waals surface area contributed by atoms with Crippen molar-refractivity contribution in [1.29, 1.82) is 0 Å². The number of amides is 1. The Morgan fingerprint density at radius 3 is 2.32 bits per heavy atom. The first-order chi connectivity index (χ1) is 10.7. The lowest BCUT2D eigenvalue weighted by atomic mass is 9.78. The Bertz CT molecular complexity index is 535. The highest BCUT2D eigenvalue weighted by Gasteiger charge is 2.38. The van der Waals surface area contributed by atoms with Gasteiger partial charge in [0.25, 0.3) is 0 Å². The standard InChI is InChI=1S/C18H23NO3/c20-17(19-12-4-7-16(19)18(21)22)15-10-8-14(9-11-15)13-5-2-1-3-6-13/h1-3,5-6,14-16H,4,7-12H2,(H,21,22). The van der Waals surface area contributed by atoms with Crippen LogP contribution in [0.25, 0.3) is 0 Å². The summed E-state index contributed by atoms with van der Waals surface area (Å²) in [7, 11) is 0. The molecule has 1 saturated heterocycles. The number of aliphatic carboxylic acids is 1. The molecule has 4 heteroatoms. The quantitative estimate of drug-likeness (QED) is 0.933. The molecule has 118 valence electrons. The topological polar surface area (TPSA) is 57.6 Å². The van der Waals surface area contributed by atoms with Gasteiger partial charge in [-0.25, -0.2) is 4.79 Å². The van der Waals surface area contributed by atoms with Gasteiger partial charge in [0.1, 0.15) is 6.04 Å². The number of carbonyl (C=O) groups excluding carboxylic acids is 1. The van der Waals surface area contributed by atoms with Crippen LogP contribution in [0.2, 0.25) is 0 Å². The number of carboxylic acid groups (broad SMARTS) is 1. The summed E-state index contributed by atoms with van der Waals surface area (Å²) in [5.74, 6) is -0.237. The summed E-state index contributed by atoms with van der Waals surface area (Å²) in [5.41, 5.74) is 1.36.